The number of carboxylic acid groups (broad SMARTS) is 1. The first kappa shape index (κ1) is 42.6. The van der Waals surface area contributed by atoms with Crippen molar-refractivity contribution >= 4 is 23.9 Å². The molecule has 4 aliphatic heterocycles. The Balaban J connectivity index is 0.000000168. The molecule has 0 radical (unpaired) electrons. The lowest BCUT2D eigenvalue weighted by Crippen LogP contribution is -2.49. The van der Waals surface area contributed by atoms with Gasteiger partial charge in [-0.15, -0.1) is 0 Å². The molecule has 4 aliphatic rings. The number of rotatable bonds is 15. The fraction of sp³-hybridized carbons (Fsp3) is 0.381. The minimum Gasteiger partial charge on any atom is -0.480 e. The van der Waals surface area contributed by atoms with Crippen LogP contribution in [-0.2, 0) is 55.0 Å². The molecule has 2 aromatic carbocycles. The second-order valence-electron chi connectivity index (χ2n) is 14.2. The molecular weight excluding hydrogens is 761 g/mol. The molecule has 8 rings (SSSR count). The van der Waals surface area contributed by atoms with Gasteiger partial charge in [0.25, 0.3) is 5.91 Å². The number of hydroxylamine groups is 5. The summed E-state index contributed by atoms with van der Waals surface area (Å²) in [4.78, 5) is 80.9. The first-order valence-electron chi connectivity index (χ1n) is 19.6. The zero-order chi connectivity index (χ0) is 41.4. The van der Waals surface area contributed by atoms with E-state index in [0.717, 1.165) is 28.9 Å². The van der Waals surface area contributed by atoms with Crippen molar-refractivity contribution in [2.45, 2.75) is 75.9 Å². The van der Waals surface area contributed by atoms with Crippen molar-refractivity contribution in [2.75, 3.05) is 26.3 Å². The average molecular weight is 811 g/mol. The number of carboxylic acids is 1. The molecule has 4 aromatic rings. The van der Waals surface area contributed by atoms with E-state index >= 15 is 0 Å². The fourth-order valence-electron chi connectivity index (χ4n) is 7.16. The Morgan fingerprint density at radius 2 is 1.14 bits per heavy atom. The lowest BCUT2D eigenvalue weighted by atomic mass is 10.0. The molecule has 4 atom stereocenters. The summed E-state index contributed by atoms with van der Waals surface area (Å²) in [6.07, 6.45) is 7.28. The van der Waals surface area contributed by atoms with E-state index in [0.29, 0.717) is 71.6 Å². The third kappa shape index (κ3) is 11.8. The second-order valence-corrected chi connectivity index (χ2v) is 14.2. The van der Waals surface area contributed by atoms with Gasteiger partial charge in [0, 0.05) is 49.7 Å². The molecule has 4 fully saturated rings. The molecule has 17 heteroatoms. The van der Waals surface area contributed by atoms with E-state index in [2.05, 4.69) is 20.3 Å². The predicted octanol–water partition coefficient (Wildman–Crippen LogP) is 4.06. The number of nitrogens with two attached hydrogens (primary N) is 1. The highest BCUT2D eigenvalue weighted by Crippen LogP contribution is 2.32. The van der Waals surface area contributed by atoms with Crippen molar-refractivity contribution < 1.29 is 43.6 Å². The molecule has 2 aromatic heterocycles. The summed E-state index contributed by atoms with van der Waals surface area (Å²) in [6, 6.07) is 28.8. The molecule has 5 amide bonds. The summed E-state index contributed by atoms with van der Waals surface area (Å²) >= 11 is 0. The highest BCUT2D eigenvalue weighted by molar-refractivity contribution is 5.88. The van der Waals surface area contributed by atoms with Gasteiger partial charge in [0.2, 0.25) is 0 Å². The minimum atomic E-state index is -0.943. The monoisotopic (exact) mass is 810 g/mol. The summed E-state index contributed by atoms with van der Waals surface area (Å²) in [7, 11) is 0. The van der Waals surface area contributed by atoms with Crippen molar-refractivity contribution in [3.63, 3.8) is 0 Å². The predicted molar refractivity (Wildman–Crippen MR) is 212 cm³/mol. The first-order valence-corrected chi connectivity index (χ1v) is 19.6. The number of piperidine rings is 2. The summed E-state index contributed by atoms with van der Waals surface area (Å²) in [5, 5.41) is 11.9. The Morgan fingerprint density at radius 1 is 0.661 bits per heavy atom. The van der Waals surface area contributed by atoms with Crippen molar-refractivity contribution in [1.29, 1.82) is 0 Å². The lowest BCUT2D eigenvalue weighted by molar-refractivity contribution is -0.143. The van der Waals surface area contributed by atoms with Gasteiger partial charge < -0.3 is 19.7 Å². The van der Waals surface area contributed by atoms with Crippen molar-refractivity contribution in [3.8, 4) is 0 Å². The van der Waals surface area contributed by atoms with Crippen LogP contribution in [0.2, 0.25) is 0 Å². The van der Waals surface area contributed by atoms with E-state index < -0.39 is 18.1 Å². The number of hydrogen-bond acceptors (Lipinski definition) is 11. The van der Waals surface area contributed by atoms with E-state index in [1.807, 2.05) is 97.1 Å². The number of nitrogens with one attached hydrogen (secondary N) is 1. The number of pyridine rings is 2. The number of fused-ring (bicyclic) bond motifs is 4. The van der Waals surface area contributed by atoms with E-state index in [9.17, 15) is 19.2 Å². The minimum absolute atomic E-state index is 0.0275. The van der Waals surface area contributed by atoms with Crippen molar-refractivity contribution in [1.82, 2.24) is 35.4 Å². The van der Waals surface area contributed by atoms with Gasteiger partial charge in [-0.2, -0.15) is 10.1 Å². The zero-order valence-corrected chi connectivity index (χ0v) is 32.7. The standard InChI is InChI=1S/C21H24N4O4.C14H16N2O4.C7H10N2O/c26-20(23-28-13-11-17-8-4-5-12-22-17)19-10-9-18-14-24(19)21(27)25(18)29-15-16-6-2-1-3-7-16;17-13(18)12-7-6-11-8-15(12)14(19)16(11)20-9-10-4-2-1-3-5-10;8-10-6-4-7-3-1-2-5-9-7/h1-8,12,18-19H,9-11,13-15H2,(H,23,26);1-5,11-12H,6-9H2,(H,17,18);1-3,5H,4,6,8H2/t18-,19+;11-,12+;/m11./s1. The summed E-state index contributed by atoms with van der Waals surface area (Å²) in [6.45, 7) is 2.40. The number of nitrogens with zero attached hydrogens (tertiary/aromatic N) is 6. The van der Waals surface area contributed by atoms with E-state index in [1.165, 1.54) is 15.0 Å². The van der Waals surface area contributed by atoms with E-state index in [-0.39, 0.29) is 30.1 Å². The van der Waals surface area contributed by atoms with Crippen LogP contribution in [0.25, 0.3) is 0 Å². The SMILES string of the molecule is NOCCc1ccccn1.O=C(NOCCc1ccccn1)[C@@H]1CC[C@@H]2CN1C(=O)N2OCc1ccccc1.O=C(O)[C@@H]1CC[C@@H]2CN1C(=O)N2OCc1ccccc1. The van der Waals surface area contributed by atoms with Crippen LogP contribution in [0.3, 0.4) is 0 Å². The maximum atomic E-state index is 12.7. The molecule has 0 unspecified atom stereocenters. The summed E-state index contributed by atoms with van der Waals surface area (Å²) in [5.74, 6) is 3.60. The van der Waals surface area contributed by atoms with Gasteiger partial charge >= 0.3 is 18.0 Å². The molecule has 312 valence electrons. The number of hydrogen-bond donors (Lipinski definition) is 3. The van der Waals surface area contributed by atoms with Gasteiger partial charge in [0.1, 0.15) is 25.3 Å². The number of aromatic nitrogens is 2. The summed E-state index contributed by atoms with van der Waals surface area (Å²) in [5.41, 5.74) is 6.35. The van der Waals surface area contributed by atoms with Crippen molar-refractivity contribution in [2.24, 2.45) is 5.90 Å². The quantitative estimate of drug-likeness (QED) is 0.115. The van der Waals surface area contributed by atoms with Crippen LogP contribution in [0, 0.1) is 0 Å². The zero-order valence-electron chi connectivity index (χ0n) is 32.7. The Hall–Kier alpha value is -5.98. The largest absolute Gasteiger partial charge is 0.480 e. The van der Waals surface area contributed by atoms with Crippen molar-refractivity contribution in [3.05, 3.63) is 132 Å². The molecule has 6 heterocycles. The molecule has 0 aliphatic carbocycles. The van der Waals surface area contributed by atoms with Crippen LogP contribution in [0.5, 0.6) is 0 Å². The second kappa shape index (κ2) is 21.7. The normalized spacial score (nSPS) is 20.4. The van der Waals surface area contributed by atoms with E-state index in [4.69, 9.17) is 25.5 Å². The Morgan fingerprint density at radius 3 is 1.61 bits per heavy atom. The average Bonchev–Trinajstić information content (AvgIpc) is 3.66. The highest BCUT2D eigenvalue weighted by Gasteiger charge is 2.49. The first-order chi connectivity index (χ1) is 28.8. The number of benzene rings is 2. The third-order valence-corrected chi connectivity index (χ3v) is 10.2. The van der Waals surface area contributed by atoms with Gasteiger partial charge in [-0.1, -0.05) is 72.8 Å². The smallest absolute Gasteiger partial charge is 0.345 e. The number of urea groups is 2. The molecule has 17 nitrogen and oxygen atoms in total. The van der Waals surface area contributed by atoms with Crippen LogP contribution in [0.1, 0.15) is 48.2 Å². The van der Waals surface area contributed by atoms with Crippen LogP contribution < -0.4 is 11.4 Å². The van der Waals surface area contributed by atoms with Crippen LogP contribution in [0.15, 0.2) is 109 Å². The topological polar surface area (TPSA) is 202 Å². The van der Waals surface area contributed by atoms with Gasteiger partial charge in [-0.05, 0) is 61.1 Å². The molecule has 4 N–H and O–H groups in total. The number of carbonyl (C=O) groups is 4. The molecule has 0 saturated carbocycles. The van der Waals surface area contributed by atoms with Gasteiger partial charge in [-0.25, -0.2) is 25.8 Å². The molecule has 4 saturated heterocycles. The highest BCUT2D eigenvalue weighted by atomic mass is 16.7. The van der Waals surface area contributed by atoms with Crippen LogP contribution in [0.4, 0.5) is 9.59 Å². The van der Waals surface area contributed by atoms with Crippen LogP contribution >= 0.6 is 0 Å². The Labute approximate surface area is 342 Å². The number of aliphatic carboxylic acids is 1. The number of carbonyl (C=O) groups excluding carboxylic acids is 3. The summed E-state index contributed by atoms with van der Waals surface area (Å²) < 4.78 is 0. The number of amides is 5. The van der Waals surface area contributed by atoms with Gasteiger partial charge in [0.15, 0.2) is 0 Å². The van der Waals surface area contributed by atoms with Crippen LogP contribution in [-0.4, -0.2) is 109 Å². The van der Waals surface area contributed by atoms with Gasteiger partial charge in [0.05, 0.1) is 25.3 Å². The molecule has 59 heavy (non-hydrogen) atoms. The molecule has 4 bridgehead atoms. The fourth-order valence-corrected chi connectivity index (χ4v) is 7.16. The maximum absolute atomic E-state index is 12.7. The van der Waals surface area contributed by atoms with Gasteiger partial charge in [-0.3, -0.25) is 29.3 Å². The lowest BCUT2D eigenvalue weighted by Gasteiger charge is -2.28. The van der Waals surface area contributed by atoms with E-state index in [1.54, 1.807) is 17.3 Å². The Bertz CT molecular complexity index is 1930. The third-order valence-electron chi connectivity index (χ3n) is 10.2. The maximum Gasteiger partial charge on any atom is 0.345 e. The molecular formula is C42H50N8O9. The Kier molecular flexibility index (Phi) is 15.7. The molecule has 0 spiro atoms.